The highest BCUT2D eigenvalue weighted by atomic mass is 35.5. The van der Waals surface area contributed by atoms with Crippen molar-refractivity contribution in [1.82, 2.24) is 19.5 Å². The zero-order valence-electron chi connectivity index (χ0n) is 17.8. The van der Waals surface area contributed by atoms with E-state index in [-0.39, 0.29) is 17.6 Å². The molecule has 4 rings (SSSR count). The van der Waals surface area contributed by atoms with E-state index in [1.165, 1.54) is 18.3 Å². The summed E-state index contributed by atoms with van der Waals surface area (Å²) in [6.45, 7) is 5.15. The van der Waals surface area contributed by atoms with Crippen molar-refractivity contribution in [3.05, 3.63) is 68.4 Å². The fraction of sp³-hybridized carbons (Fsp3) is 0.350. The molecule has 0 unspecified atom stereocenters. The number of pyridine rings is 1. The zero-order valence-corrected chi connectivity index (χ0v) is 19.3. The van der Waals surface area contributed by atoms with E-state index >= 15 is 0 Å². The smallest absolute Gasteiger partial charge is 0.391 e. The summed E-state index contributed by atoms with van der Waals surface area (Å²) >= 11 is 6.01. The van der Waals surface area contributed by atoms with Crippen LogP contribution in [0.15, 0.2) is 38.6 Å². The van der Waals surface area contributed by atoms with Crippen LogP contribution in [-0.4, -0.2) is 41.6 Å². The van der Waals surface area contributed by atoms with Gasteiger partial charge in [0.1, 0.15) is 11.9 Å². The second-order valence-electron chi connectivity index (χ2n) is 7.80. The molecule has 0 radical (unpaired) electrons. The lowest BCUT2D eigenvalue weighted by Crippen LogP contribution is -2.48. The summed E-state index contributed by atoms with van der Waals surface area (Å²) in [6, 6.07) is 3.37. The van der Waals surface area contributed by atoms with Crippen LogP contribution in [0, 0.1) is 19.7 Å². The minimum atomic E-state index is -4.18. The summed E-state index contributed by atoms with van der Waals surface area (Å²) in [6.07, 6.45) is 1.24. The van der Waals surface area contributed by atoms with Gasteiger partial charge < -0.3 is 9.32 Å². The van der Waals surface area contributed by atoms with Crippen molar-refractivity contribution in [2.45, 2.75) is 37.8 Å². The van der Waals surface area contributed by atoms with E-state index in [9.17, 15) is 17.6 Å². The molecule has 1 aromatic carbocycles. The standard InChI is InChI=1S/C20H21ClFN5O4S/c1-10-5-6-14(22)16(11(10)2)12(3)17(18-24-25-20(28)31-18)27-9-26(4)15-7-13(21)8-23-19(15)32(27,29)30/h5-8,12,17H,9H2,1-4H3,(H,25,28)/t12-,17+/m1/s1. The highest BCUT2D eigenvalue weighted by Crippen LogP contribution is 2.43. The Bertz CT molecular complexity index is 1360. The molecular formula is C20H21ClFN5O4S. The first-order chi connectivity index (χ1) is 15.0. The van der Waals surface area contributed by atoms with Crippen molar-refractivity contribution < 1.29 is 17.2 Å². The fourth-order valence-corrected chi connectivity index (χ4v) is 6.01. The lowest BCUT2D eigenvalue weighted by molar-refractivity contribution is 0.236. The molecule has 1 N–H and O–H groups in total. The van der Waals surface area contributed by atoms with Gasteiger partial charge in [0, 0.05) is 19.2 Å². The second kappa shape index (κ2) is 7.98. The van der Waals surface area contributed by atoms with Crippen molar-refractivity contribution in [2.75, 3.05) is 18.6 Å². The number of H-pyrrole nitrogens is 1. The Balaban J connectivity index is 1.92. The number of aromatic nitrogens is 3. The number of nitrogens with one attached hydrogen (secondary N) is 1. The lowest BCUT2D eigenvalue weighted by Gasteiger charge is -2.40. The number of nitrogens with zero attached hydrogens (tertiary/aromatic N) is 4. The Morgan fingerprint density at radius 1 is 1.31 bits per heavy atom. The number of benzene rings is 1. The van der Waals surface area contributed by atoms with Crippen LogP contribution >= 0.6 is 11.6 Å². The third kappa shape index (κ3) is 3.59. The summed E-state index contributed by atoms with van der Waals surface area (Å²) in [7, 11) is -2.50. The van der Waals surface area contributed by atoms with Gasteiger partial charge in [0.15, 0.2) is 5.03 Å². The van der Waals surface area contributed by atoms with Crippen molar-refractivity contribution in [1.29, 1.82) is 0 Å². The molecule has 0 bridgehead atoms. The molecule has 3 aromatic rings. The molecule has 0 saturated carbocycles. The van der Waals surface area contributed by atoms with Gasteiger partial charge in [-0.2, -0.15) is 4.31 Å². The van der Waals surface area contributed by atoms with Gasteiger partial charge in [-0.3, -0.25) is 0 Å². The van der Waals surface area contributed by atoms with Gasteiger partial charge in [0.05, 0.1) is 17.4 Å². The molecule has 1 aliphatic heterocycles. The Labute approximate surface area is 188 Å². The summed E-state index contributed by atoms with van der Waals surface area (Å²) in [5.74, 6) is -2.25. The van der Waals surface area contributed by atoms with E-state index in [0.29, 0.717) is 21.8 Å². The molecule has 3 heterocycles. The number of hydrogen-bond acceptors (Lipinski definition) is 7. The van der Waals surface area contributed by atoms with Crippen LogP contribution in [0.3, 0.4) is 0 Å². The third-order valence-electron chi connectivity index (χ3n) is 5.79. The van der Waals surface area contributed by atoms with E-state index < -0.39 is 33.6 Å². The van der Waals surface area contributed by atoms with E-state index in [1.54, 1.807) is 31.9 Å². The number of sulfonamides is 1. The van der Waals surface area contributed by atoms with Crippen molar-refractivity contribution in [3.63, 3.8) is 0 Å². The molecule has 0 spiro atoms. The van der Waals surface area contributed by atoms with Crippen molar-refractivity contribution in [2.24, 2.45) is 0 Å². The normalized spacial score (nSPS) is 17.8. The Morgan fingerprint density at radius 2 is 2.03 bits per heavy atom. The maximum absolute atomic E-state index is 15.0. The van der Waals surface area contributed by atoms with Gasteiger partial charge in [-0.05, 0) is 42.7 Å². The summed E-state index contributed by atoms with van der Waals surface area (Å²) in [4.78, 5) is 17.4. The topological polar surface area (TPSA) is 112 Å². The van der Waals surface area contributed by atoms with Crippen LogP contribution in [0.2, 0.25) is 5.02 Å². The van der Waals surface area contributed by atoms with Crippen LogP contribution in [0.4, 0.5) is 10.1 Å². The largest absolute Gasteiger partial charge is 0.434 e. The third-order valence-corrected chi connectivity index (χ3v) is 7.76. The van der Waals surface area contributed by atoms with Crippen LogP contribution in [0.5, 0.6) is 0 Å². The summed E-state index contributed by atoms with van der Waals surface area (Å²) < 4.78 is 48.4. The summed E-state index contributed by atoms with van der Waals surface area (Å²) in [5.41, 5.74) is 2.17. The molecule has 1 aliphatic rings. The average Bonchev–Trinajstić information content (AvgIpc) is 3.15. The van der Waals surface area contributed by atoms with Crippen LogP contribution in [0.25, 0.3) is 0 Å². The van der Waals surface area contributed by atoms with Crippen molar-refractivity contribution in [3.8, 4) is 0 Å². The molecule has 0 fully saturated rings. The average molecular weight is 482 g/mol. The number of anilines is 1. The lowest BCUT2D eigenvalue weighted by atomic mass is 9.87. The summed E-state index contributed by atoms with van der Waals surface area (Å²) in [5, 5.41) is 6.14. The van der Waals surface area contributed by atoms with Gasteiger partial charge in [-0.1, -0.05) is 24.6 Å². The second-order valence-corrected chi connectivity index (χ2v) is 10.0. The minimum Gasteiger partial charge on any atom is -0.391 e. The molecule has 0 saturated heterocycles. The first-order valence-electron chi connectivity index (χ1n) is 9.72. The molecule has 12 heteroatoms. The molecule has 2 aromatic heterocycles. The molecule has 170 valence electrons. The zero-order chi connectivity index (χ0) is 23.4. The van der Waals surface area contributed by atoms with E-state index in [4.69, 9.17) is 16.0 Å². The molecule has 0 aliphatic carbocycles. The maximum Gasteiger partial charge on any atom is 0.434 e. The number of aromatic amines is 1. The fourth-order valence-electron chi connectivity index (χ4n) is 4.07. The van der Waals surface area contributed by atoms with E-state index in [1.807, 2.05) is 6.92 Å². The first kappa shape index (κ1) is 22.4. The molecule has 9 nitrogen and oxygen atoms in total. The predicted octanol–water partition coefficient (Wildman–Crippen LogP) is 3.11. The Morgan fingerprint density at radius 3 is 2.69 bits per heavy atom. The van der Waals surface area contributed by atoms with Crippen LogP contribution < -0.4 is 10.7 Å². The van der Waals surface area contributed by atoms with Gasteiger partial charge in [0.25, 0.3) is 10.0 Å². The number of halogens is 2. The van der Waals surface area contributed by atoms with E-state index in [0.717, 1.165) is 9.87 Å². The number of fused-ring (bicyclic) bond motifs is 1. The highest BCUT2D eigenvalue weighted by Gasteiger charge is 2.45. The Hall–Kier alpha value is -2.76. The quantitative estimate of drug-likeness (QED) is 0.609. The predicted molar refractivity (Wildman–Crippen MR) is 116 cm³/mol. The number of hydrogen-bond donors (Lipinski definition) is 1. The van der Waals surface area contributed by atoms with Gasteiger partial charge in [-0.25, -0.2) is 27.7 Å². The SMILES string of the molecule is Cc1ccc(F)c([C@@H](C)[C@@H](c2n[nH]c(=O)o2)N2CN(C)c3cc(Cl)cnc3S2(=O)=O)c1C. The van der Waals surface area contributed by atoms with Gasteiger partial charge in [0.2, 0.25) is 5.89 Å². The minimum absolute atomic E-state index is 0.116. The molecule has 0 amide bonds. The molecular weight excluding hydrogens is 461 g/mol. The monoisotopic (exact) mass is 481 g/mol. The van der Waals surface area contributed by atoms with Crippen molar-refractivity contribution >= 4 is 27.3 Å². The Kier molecular flexibility index (Phi) is 5.60. The number of rotatable bonds is 4. The van der Waals surface area contributed by atoms with Gasteiger partial charge >= 0.3 is 5.76 Å². The maximum atomic E-state index is 15.0. The van der Waals surface area contributed by atoms with Crippen LogP contribution in [0.1, 0.15) is 41.5 Å². The highest BCUT2D eigenvalue weighted by molar-refractivity contribution is 7.89. The van der Waals surface area contributed by atoms with E-state index in [2.05, 4.69) is 15.2 Å². The van der Waals surface area contributed by atoms with Gasteiger partial charge in [-0.15, -0.1) is 5.10 Å². The van der Waals surface area contributed by atoms with Crippen LogP contribution in [-0.2, 0) is 10.0 Å². The first-order valence-corrected chi connectivity index (χ1v) is 11.5. The molecule has 2 atom stereocenters. The molecule has 32 heavy (non-hydrogen) atoms. The number of aryl methyl sites for hydroxylation is 1.